The van der Waals surface area contributed by atoms with E-state index in [0.29, 0.717) is 0 Å². The Balaban J connectivity index is 2.05. The molecule has 2 aromatic rings. The van der Waals surface area contributed by atoms with Gasteiger partial charge in [-0.15, -0.1) is 0 Å². The van der Waals surface area contributed by atoms with Gasteiger partial charge in [0.15, 0.2) is 0 Å². The molecular weight excluding hydrogens is 228 g/mol. The van der Waals surface area contributed by atoms with Crippen molar-refractivity contribution in [3.05, 3.63) is 47.3 Å². The number of hydrazine groups is 1. The molecule has 0 fully saturated rings. The molecular formula is C13H16N4O. The van der Waals surface area contributed by atoms with E-state index in [1.165, 1.54) is 5.56 Å². The number of hydrogen-bond acceptors (Lipinski definition) is 4. The second kappa shape index (κ2) is 4.44. The monoisotopic (exact) mass is 244 g/mol. The lowest BCUT2D eigenvalue weighted by Gasteiger charge is -2.17. The first kappa shape index (κ1) is 11.3. The van der Waals surface area contributed by atoms with Crippen LogP contribution in [0.4, 0.5) is 0 Å². The van der Waals surface area contributed by atoms with Crippen LogP contribution in [-0.4, -0.2) is 16.4 Å². The SMILES string of the molecule is Cn1cc(C(NN)c2cccc3c2OCC3)cn1. The van der Waals surface area contributed by atoms with Crippen molar-refractivity contribution in [3.8, 4) is 5.75 Å². The van der Waals surface area contributed by atoms with Gasteiger partial charge in [0.1, 0.15) is 5.75 Å². The highest BCUT2D eigenvalue weighted by molar-refractivity contribution is 5.48. The second-order valence-corrected chi connectivity index (χ2v) is 4.48. The van der Waals surface area contributed by atoms with Crippen LogP contribution in [0.1, 0.15) is 22.7 Å². The molecule has 1 aromatic carbocycles. The first-order valence-corrected chi connectivity index (χ1v) is 5.99. The molecule has 18 heavy (non-hydrogen) atoms. The summed E-state index contributed by atoms with van der Waals surface area (Å²) in [4.78, 5) is 0. The lowest BCUT2D eigenvalue weighted by atomic mass is 9.98. The molecule has 3 rings (SSSR count). The Morgan fingerprint density at radius 3 is 3.11 bits per heavy atom. The summed E-state index contributed by atoms with van der Waals surface area (Å²) in [6, 6.07) is 6.10. The van der Waals surface area contributed by atoms with Crippen LogP contribution in [0.5, 0.6) is 5.75 Å². The summed E-state index contributed by atoms with van der Waals surface area (Å²) in [7, 11) is 1.89. The van der Waals surface area contributed by atoms with E-state index in [4.69, 9.17) is 10.6 Å². The maximum Gasteiger partial charge on any atom is 0.127 e. The number of ether oxygens (including phenoxy) is 1. The molecule has 1 atom stereocenters. The summed E-state index contributed by atoms with van der Waals surface area (Å²) in [5.74, 6) is 6.66. The summed E-state index contributed by atoms with van der Waals surface area (Å²) in [5, 5.41) is 4.18. The van der Waals surface area contributed by atoms with Crippen LogP contribution in [0.3, 0.4) is 0 Å². The largest absolute Gasteiger partial charge is 0.493 e. The Morgan fingerprint density at radius 2 is 2.39 bits per heavy atom. The summed E-state index contributed by atoms with van der Waals surface area (Å²) in [6.45, 7) is 0.747. The zero-order chi connectivity index (χ0) is 12.5. The molecule has 5 nitrogen and oxygen atoms in total. The van der Waals surface area contributed by atoms with E-state index in [9.17, 15) is 0 Å². The van der Waals surface area contributed by atoms with E-state index in [0.717, 1.165) is 29.9 Å². The standard InChI is InChI=1S/C13H16N4O/c1-17-8-10(7-15-17)12(16-14)11-4-2-3-9-5-6-18-13(9)11/h2-4,7-8,12,16H,5-6,14H2,1H3. The van der Waals surface area contributed by atoms with E-state index in [1.54, 1.807) is 4.68 Å². The maximum absolute atomic E-state index is 5.72. The number of nitrogens with one attached hydrogen (secondary N) is 1. The van der Waals surface area contributed by atoms with Crippen molar-refractivity contribution in [2.75, 3.05) is 6.61 Å². The molecule has 1 aliphatic rings. The van der Waals surface area contributed by atoms with Crippen molar-refractivity contribution in [2.24, 2.45) is 12.9 Å². The smallest absolute Gasteiger partial charge is 0.127 e. The topological polar surface area (TPSA) is 65.1 Å². The summed E-state index contributed by atoms with van der Waals surface area (Å²) >= 11 is 0. The zero-order valence-electron chi connectivity index (χ0n) is 10.3. The average molecular weight is 244 g/mol. The molecule has 1 aromatic heterocycles. The molecule has 0 spiro atoms. The Morgan fingerprint density at radius 1 is 1.50 bits per heavy atom. The fraction of sp³-hybridized carbons (Fsp3) is 0.308. The third-order valence-corrected chi connectivity index (χ3v) is 3.28. The fourth-order valence-corrected chi connectivity index (χ4v) is 2.42. The van der Waals surface area contributed by atoms with Crippen LogP contribution in [0, 0.1) is 0 Å². The fourth-order valence-electron chi connectivity index (χ4n) is 2.42. The van der Waals surface area contributed by atoms with Crippen LogP contribution in [0.25, 0.3) is 0 Å². The number of aryl methyl sites for hydroxylation is 1. The first-order chi connectivity index (χ1) is 8.79. The molecule has 0 saturated carbocycles. The predicted octanol–water partition coefficient (Wildman–Crippen LogP) is 0.908. The van der Waals surface area contributed by atoms with Crippen LogP contribution in [0.2, 0.25) is 0 Å². The van der Waals surface area contributed by atoms with Crippen LogP contribution in [0.15, 0.2) is 30.6 Å². The van der Waals surface area contributed by atoms with Gasteiger partial charge in [0, 0.05) is 30.8 Å². The van der Waals surface area contributed by atoms with Gasteiger partial charge in [-0.1, -0.05) is 18.2 Å². The Kier molecular flexibility index (Phi) is 2.77. The van der Waals surface area contributed by atoms with E-state index in [1.807, 2.05) is 31.6 Å². The average Bonchev–Trinajstić information content (AvgIpc) is 2.99. The quantitative estimate of drug-likeness (QED) is 0.622. The van der Waals surface area contributed by atoms with Crippen molar-refractivity contribution in [1.29, 1.82) is 0 Å². The van der Waals surface area contributed by atoms with Gasteiger partial charge in [0.2, 0.25) is 0 Å². The molecule has 5 heteroatoms. The minimum absolute atomic E-state index is 0.0910. The maximum atomic E-state index is 5.72. The highest BCUT2D eigenvalue weighted by atomic mass is 16.5. The van der Waals surface area contributed by atoms with Crippen molar-refractivity contribution >= 4 is 0 Å². The van der Waals surface area contributed by atoms with E-state index < -0.39 is 0 Å². The molecule has 3 N–H and O–H groups in total. The van der Waals surface area contributed by atoms with Crippen molar-refractivity contribution < 1.29 is 4.74 Å². The molecule has 0 radical (unpaired) electrons. The lowest BCUT2D eigenvalue weighted by Crippen LogP contribution is -2.28. The third kappa shape index (κ3) is 1.77. The van der Waals surface area contributed by atoms with Gasteiger partial charge < -0.3 is 4.74 Å². The molecule has 0 amide bonds. The number of hydrogen-bond donors (Lipinski definition) is 2. The Hall–Kier alpha value is -1.85. The number of nitrogens with two attached hydrogens (primary N) is 1. The zero-order valence-corrected chi connectivity index (χ0v) is 10.3. The number of fused-ring (bicyclic) bond motifs is 1. The van der Waals surface area contributed by atoms with Gasteiger partial charge in [-0.25, -0.2) is 5.43 Å². The van der Waals surface area contributed by atoms with Gasteiger partial charge in [-0.2, -0.15) is 5.10 Å². The number of para-hydroxylation sites is 1. The second-order valence-electron chi connectivity index (χ2n) is 4.48. The van der Waals surface area contributed by atoms with E-state index >= 15 is 0 Å². The lowest BCUT2D eigenvalue weighted by molar-refractivity contribution is 0.350. The molecule has 2 heterocycles. The molecule has 0 saturated heterocycles. The summed E-state index contributed by atoms with van der Waals surface area (Å²) in [6.07, 6.45) is 4.74. The molecule has 94 valence electrons. The number of aromatic nitrogens is 2. The Labute approximate surface area is 106 Å². The normalized spacial score (nSPS) is 15.2. The number of nitrogens with zero attached hydrogens (tertiary/aromatic N) is 2. The number of benzene rings is 1. The van der Waals surface area contributed by atoms with Gasteiger partial charge in [-0.3, -0.25) is 10.5 Å². The van der Waals surface area contributed by atoms with Gasteiger partial charge in [0.05, 0.1) is 18.8 Å². The van der Waals surface area contributed by atoms with Gasteiger partial charge >= 0.3 is 0 Å². The minimum atomic E-state index is -0.0910. The molecule has 1 unspecified atom stereocenters. The van der Waals surface area contributed by atoms with Crippen LogP contribution < -0.4 is 16.0 Å². The van der Waals surface area contributed by atoms with Gasteiger partial charge in [0.25, 0.3) is 0 Å². The summed E-state index contributed by atoms with van der Waals surface area (Å²) < 4.78 is 7.49. The van der Waals surface area contributed by atoms with Crippen LogP contribution >= 0.6 is 0 Å². The van der Waals surface area contributed by atoms with E-state index in [-0.39, 0.29) is 6.04 Å². The molecule has 0 bridgehead atoms. The van der Waals surface area contributed by atoms with E-state index in [2.05, 4.69) is 16.6 Å². The molecule has 1 aliphatic heterocycles. The summed E-state index contributed by atoms with van der Waals surface area (Å²) in [5.41, 5.74) is 6.19. The first-order valence-electron chi connectivity index (χ1n) is 5.99. The van der Waals surface area contributed by atoms with Gasteiger partial charge in [-0.05, 0) is 5.56 Å². The predicted molar refractivity (Wildman–Crippen MR) is 68.0 cm³/mol. The molecule has 0 aliphatic carbocycles. The highest BCUT2D eigenvalue weighted by Crippen LogP contribution is 2.35. The van der Waals surface area contributed by atoms with Crippen molar-refractivity contribution in [3.63, 3.8) is 0 Å². The van der Waals surface area contributed by atoms with Crippen LogP contribution in [-0.2, 0) is 13.5 Å². The number of rotatable bonds is 3. The minimum Gasteiger partial charge on any atom is -0.493 e. The third-order valence-electron chi connectivity index (χ3n) is 3.28. The van der Waals surface area contributed by atoms with Crippen molar-refractivity contribution in [1.82, 2.24) is 15.2 Å². The Bertz CT molecular complexity index is 564. The highest BCUT2D eigenvalue weighted by Gasteiger charge is 2.23. The van der Waals surface area contributed by atoms with Crippen molar-refractivity contribution in [2.45, 2.75) is 12.5 Å².